The Morgan fingerprint density at radius 2 is 1.64 bits per heavy atom. The second-order valence-corrected chi connectivity index (χ2v) is 7.20. The van der Waals surface area contributed by atoms with Crippen molar-refractivity contribution < 1.29 is 4.79 Å². The Morgan fingerprint density at radius 3 is 2.18 bits per heavy atom. The summed E-state index contributed by atoms with van der Waals surface area (Å²) in [6, 6.07) is 12.4. The number of benzene rings is 2. The average molecular weight is 375 g/mol. The van der Waals surface area contributed by atoms with Crippen molar-refractivity contribution in [1.82, 2.24) is 0 Å². The van der Waals surface area contributed by atoms with Gasteiger partial charge in [-0.1, -0.05) is 41.7 Å². The molecule has 2 rings (SSSR count). The third-order valence-corrected chi connectivity index (χ3v) is 4.95. The van der Waals surface area contributed by atoms with Gasteiger partial charge < -0.3 is 5.32 Å². The third-order valence-electron chi connectivity index (χ3n) is 2.89. The SMILES string of the molecule is CC[C@@H](Sc1ccc(Cl)cc1)C(=O)Nc1cc(Cl)cc(Cl)c1. The summed E-state index contributed by atoms with van der Waals surface area (Å²) < 4.78 is 0. The molecule has 0 unspecified atom stereocenters. The number of thioether (sulfide) groups is 1. The zero-order chi connectivity index (χ0) is 16.1. The minimum atomic E-state index is -0.209. The lowest BCUT2D eigenvalue weighted by Crippen LogP contribution is -2.24. The molecule has 0 spiro atoms. The summed E-state index contributed by atoms with van der Waals surface area (Å²) in [5.41, 5.74) is 0.595. The highest BCUT2D eigenvalue weighted by Gasteiger charge is 2.18. The van der Waals surface area contributed by atoms with Gasteiger partial charge in [-0.2, -0.15) is 0 Å². The number of hydrogen-bond donors (Lipinski definition) is 1. The van der Waals surface area contributed by atoms with Crippen molar-refractivity contribution in [2.75, 3.05) is 5.32 Å². The molecule has 1 atom stereocenters. The number of carbonyl (C=O) groups is 1. The van der Waals surface area contributed by atoms with Crippen LogP contribution >= 0.6 is 46.6 Å². The molecule has 2 aromatic carbocycles. The van der Waals surface area contributed by atoms with E-state index in [0.717, 1.165) is 4.90 Å². The Bertz CT molecular complexity index is 641. The highest BCUT2D eigenvalue weighted by Crippen LogP contribution is 2.28. The predicted octanol–water partition coefficient (Wildman–Crippen LogP) is 6.16. The van der Waals surface area contributed by atoms with Crippen molar-refractivity contribution in [3.63, 3.8) is 0 Å². The molecule has 2 aromatic rings. The predicted molar refractivity (Wildman–Crippen MR) is 96.5 cm³/mol. The minimum Gasteiger partial charge on any atom is -0.325 e. The monoisotopic (exact) mass is 373 g/mol. The maximum atomic E-state index is 12.4. The summed E-state index contributed by atoms with van der Waals surface area (Å²) in [4.78, 5) is 13.4. The Morgan fingerprint density at radius 1 is 1.05 bits per heavy atom. The fraction of sp³-hybridized carbons (Fsp3) is 0.188. The van der Waals surface area contributed by atoms with Gasteiger partial charge in [0.15, 0.2) is 0 Å². The van der Waals surface area contributed by atoms with Gasteiger partial charge in [0.05, 0.1) is 5.25 Å². The number of halogens is 3. The Labute approximate surface area is 149 Å². The van der Waals surface area contributed by atoms with Crippen molar-refractivity contribution in [2.24, 2.45) is 0 Å². The molecule has 2 nitrogen and oxygen atoms in total. The first-order valence-corrected chi connectivity index (χ1v) is 8.68. The normalized spacial score (nSPS) is 12.0. The van der Waals surface area contributed by atoms with E-state index < -0.39 is 0 Å². The molecule has 0 radical (unpaired) electrons. The number of hydrogen-bond acceptors (Lipinski definition) is 2. The zero-order valence-corrected chi connectivity index (χ0v) is 14.9. The van der Waals surface area contributed by atoms with Gasteiger partial charge in [-0.05, 0) is 48.9 Å². The summed E-state index contributed by atoms with van der Waals surface area (Å²) in [7, 11) is 0. The van der Waals surface area contributed by atoms with Crippen LogP contribution in [-0.4, -0.2) is 11.2 Å². The standard InChI is InChI=1S/C16H14Cl3NOS/c1-2-15(22-14-5-3-10(17)4-6-14)16(21)20-13-8-11(18)7-12(19)9-13/h3-9,15H,2H2,1H3,(H,20,21)/t15-/m1/s1. The van der Waals surface area contributed by atoms with Crippen LogP contribution in [0.2, 0.25) is 15.1 Å². The van der Waals surface area contributed by atoms with E-state index >= 15 is 0 Å². The minimum absolute atomic E-state index is 0.0826. The van der Waals surface area contributed by atoms with Gasteiger partial charge >= 0.3 is 0 Å². The molecule has 1 amide bonds. The highest BCUT2D eigenvalue weighted by atomic mass is 35.5. The number of nitrogens with one attached hydrogen (secondary N) is 1. The molecule has 22 heavy (non-hydrogen) atoms. The molecular weight excluding hydrogens is 361 g/mol. The van der Waals surface area contributed by atoms with E-state index in [-0.39, 0.29) is 11.2 Å². The smallest absolute Gasteiger partial charge is 0.237 e. The first-order chi connectivity index (χ1) is 10.5. The largest absolute Gasteiger partial charge is 0.325 e. The van der Waals surface area contributed by atoms with Gasteiger partial charge in [0.2, 0.25) is 5.91 Å². The maximum Gasteiger partial charge on any atom is 0.237 e. The lowest BCUT2D eigenvalue weighted by atomic mass is 10.2. The lowest BCUT2D eigenvalue weighted by molar-refractivity contribution is -0.115. The summed E-state index contributed by atoms with van der Waals surface area (Å²) in [5, 5.41) is 4.29. The van der Waals surface area contributed by atoms with Crippen LogP contribution in [0.3, 0.4) is 0 Å². The van der Waals surface area contributed by atoms with Gasteiger partial charge in [-0.15, -0.1) is 11.8 Å². The van der Waals surface area contributed by atoms with Crippen molar-refractivity contribution >= 4 is 58.2 Å². The fourth-order valence-corrected chi connectivity index (χ4v) is 3.45. The number of carbonyl (C=O) groups excluding carboxylic acids is 1. The molecule has 0 aliphatic rings. The quantitative estimate of drug-likeness (QED) is 0.635. The first kappa shape index (κ1) is 17.5. The Hall–Kier alpha value is -0.870. The van der Waals surface area contributed by atoms with Crippen molar-refractivity contribution in [3.8, 4) is 0 Å². The van der Waals surface area contributed by atoms with Crippen LogP contribution in [0.5, 0.6) is 0 Å². The van der Waals surface area contributed by atoms with Crippen LogP contribution in [0.4, 0.5) is 5.69 Å². The number of anilines is 1. The van der Waals surface area contributed by atoms with Crippen LogP contribution in [0, 0.1) is 0 Å². The van der Waals surface area contributed by atoms with Crippen molar-refractivity contribution in [1.29, 1.82) is 0 Å². The van der Waals surface area contributed by atoms with E-state index in [9.17, 15) is 4.79 Å². The molecular formula is C16H14Cl3NOS. The molecule has 116 valence electrons. The van der Waals surface area contributed by atoms with Crippen LogP contribution in [0.25, 0.3) is 0 Å². The van der Waals surface area contributed by atoms with Crippen LogP contribution < -0.4 is 5.32 Å². The summed E-state index contributed by atoms with van der Waals surface area (Å²) >= 11 is 19.2. The molecule has 0 aromatic heterocycles. The molecule has 6 heteroatoms. The average Bonchev–Trinajstić information content (AvgIpc) is 2.45. The first-order valence-electron chi connectivity index (χ1n) is 6.67. The fourth-order valence-electron chi connectivity index (χ4n) is 1.85. The lowest BCUT2D eigenvalue weighted by Gasteiger charge is -2.15. The van der Waals surface area contributed by atoms with Crippen LogP contribution in [0.1, 0.15) is 13.3 Å². The van der Waals surface area contributed by atoms with E-state index in [1.807, 2.05) is 31.2 Å². The molecule has 0 aliphatic carbocycles. The van der Waals surface area contributed by atoms with Crippen molar-refractivity contribution in [2.45, 2.75) is 23.5 Å². The second-order valence-electron chi connectivity index (χ2n) is 4.62. The molecule has 0 saturated heterocycles. The molecule has 0 fully saturated rings. The van der Waals surface area contributed by atoms with E-state index in [4.69, 9.17) is 34.8 Å². The molecule has 1 N–H and O–H groups in total. The Kier molecular flexibility index (Phi) is 6.45. The van der Waals surface area contributed by atoms with Gasteiger partial charge in [0, 0.05) is 25.7 Å². The van der Waals surface area contributed by atoms with Gasteiger partial charge in [-0.3, -0.25) is 4.79 Å². The zero-order valence-electron chi connectivity index (χ0n) is 11.8. The van der Waals surface area contributed by atoms with Gasteiger partial charge in [-0.25, -0.2) is 0 Å². The van der Waals surface area contributed by atoms with Crippen LogP contribution in [-0.2, 0) is 4.79 Å². The van der Waals surface area contributed by atoms with E-state index in [2.05, 4.69) is 5.32 Å². The summed E-state index contributed by atoms with van der Waals surface area (Å²) in [6.07, 6.45) is 0.702. The topological polar surface area (TPSA) is 29.1 Å². The highest BCUT2D eigenvalue weighted by molar-refractivity contribution is 8.00. The molecule has 0 saturated carbocycles. The van der Waals surface area contributed by atoms with Gasteiger partial charge in [0.1, 0.15) is 0 Å². The van der Waals surface area contributed by atoms with Crippen LogP contribution in [0.15, 0.2) is 47.4 Å². The van der Waals surface area contributed by atoms with E-state index in [1.165, 1.54) is 11.8 Å². The molecule has 0 aliphatic heterocycles. The number of rotatable bonds is 5. The van der Waals surface area contributed by atoms with E-state index in [1.54, 1.807) is 18.2 Å². The molecule has 0 bridgehead atoms. The third kappa shape index (κ3) is 5.10. The van der Waals surface area contributed by atoms with Gasteiger partial charge in [0.25, 0.3) is 0 Å². The molecule has 0 heterocycles. The van der Waals surface area contributed by atoms with Crippen molar-refractivity contribution in [3.05, 3.63) is 57.5 Å². The Balaban J connectivity index is 2.06. The number of amides is 1. The summed E-state index contributed by atoms with van der Waals surface area (Å²) in [6.45, 7) is 1.97. The summed E-state index contributed by atoms with van der Waals surface area (Å²) in [5.74, 6) is -0.0826. The van der Waals surface area contributed by atoms with E-state index in [0.29, 0.717) is 27.2 Å². The second kappa shape index (κ2) is 8.11. The maximum absolute atomic E-state index is 12.4.